The molecule has 8 heteroatoms. The third kappa shape index (κ3) is 5.51. The average Bonchev–Trinajstić information content (AvgIpc) is 2.89. The molecule has 28 heavy (non-hydrogen) atoms. The first-order valence-electron chi connectivity index (χ1n) is 9.04. The highest BCUT2D eigenvalue weighted by Crippen LogP contribution is 2.34. The zero-order chi connectivity index (χ0) is 20.8. The lowest BCUT2D eigenvalue weighted by Gasteiger charge is -2.15. The van der Waals surface area contributed by atoms with Crippen LogP contribution in [0.2, 0.25) is 0 Å². The van der Waals surface area contributed by atoms with E-state index in [0.29, 0.717) is 23.5 Å². The molecule has 0 spiro atoms. The average molecular weight is 407 g/mol. The first-order valence-corrected chi connectivity index (χ1v) is 9.86. The second kappa shape index (κ2) is 9.64. The molecule has 152 valence electrons. The number of amides is 2. The highest BCUT2D eigenvalue weighted by atomic mass is 32.2. The van der Waals surface area contributed by atoms with Crippen LogP contribution >= 0.6 is 11.8 Å². The lowest BCUT2D eigenvalue weighted by atomic mass is 10.2. The van der Waals surface area contributed by atoms with Crippen LogP contribution in [-0.2, 0) is 14.3 Å². The first kappa shape index (κ1) is 21.8. The van der Waals surface area contributed by atoms with Crippen LogP contribution in [0, 0.1) is 0 Å². The topological polar surface area (TPSA) is 82.1 Å². The molecule has 0 saturated carbocycles. The fourth-order valence-corrected chi connectivity index (χ4v) is 3.23. The minimum atomic E-state index is -0.602. The third-order valence-corrected chi connectivity index (χ3v) is 4.82. The molecule has 1 aromatic rings. The van der Waals surface area contributed by atoms with Gasteiger partial charge in [0.05, 0.1) is 24.2 Å². The van der Waals surface area contributed by atoms with Gasteiger partial charge in [-0.2, -0.15) is 0 Å². The number of methoxy groups -OCH3 is 1. The lowest BCUT2D eigenvalue weighted by Crippen LogP contribution is -2.35. The molecule has 0 N–H and O–H groups in total. The number of ether oxygens (including phenoxy) is 3. The van der Waals surface area contributed by atoms with Crippen molar-refractivity contribution in [1.82, 2.24) is 4.90 Å². The van der Waals surface area contributed by atoms with Crippen LogP contribution in [-0.4, -0.2) is 47.9 Å². The predicted octanol–water partition coefficient (Wildman–Crippen LogP) is 3.86. The van der Waals surface area contributed by atoms with Gasteiger partial charge in [0, 0.05) is 0 Å². The highest BCUT2D eigenvalue weighted by molar-refractivity contribution is 8.18. The number of carbonyl (C=O) groups excluding carboxylic acids is 3. The molecule has 0 radical (unpaired) electrons. The maximum Gasteiger partial charge on any atom is 0.326 e. The fourth-order valence-electron chi connectivity index (χ4n) is 2.39. The molecule has 1 atom stereocenters. The van der Waals surface area contributed by atoms with E-state index in [1.807, 2.05) is 20.8 Å². The monoisotopic (exact) mass is 407 g/mol. The molecule has 1 aromatic carbocycles. The van der Waals surface area contributed by atoms with Crippen molar-refractivity contribution in [2.24, 2.45) is 0 Å². The van der Waals surface area contributed by atoms with Gasteiger partial charge in [0.1, 0.15) is 6.54 Å². The number of esters is 1. The van der Waals surface area contributed by atoms with Crippen molar-refractivity contribution in [3.05, 3.63) is 28.7 Å². The van der Waals surface area contributed by atoms with Gasteiger partial charge in [0.2, 0.25) is 0 Å². The summed E-state index contributed by atoms with van der Waals surface area (Å²) in [7, 11) is 1.53. The Bertz CT molecular complexity index is 789. The molecule has 0 aliphatic carbocycles. The molecule has 1 aliphatic rings. The fraction of sp³-hybridized carbons (Fsp3) is 0.450. The Morgan fingerprint density at radius 1 is 1.21 bits per heavy atom. The van der Waals surface area contributed by atoms with Crippen molar-refractivity contribution >= 4 is 35.0 Å². The van der Waals surface area contributed by atoms with Gasteiger partial charge in [-0.3, -0.25) is 19.3 Å². The Hall–Kier alpha value is -2.48. The number of carbonyl (C=O) groups is 3. The molecule has 1 heterocycles. The number of hydrogen-bond acceptors (Lipinski definition) is 7. The summed E-state index contributed by atoms with van der Waals surface area (Å²) in [5, 5.41) is -0.496. The summed E-state index contributed by atoms with van der Waals surface area (Å²) in [5.74, 6) is 0.00156. The summed E-state index contributed by atoms with van der Waals surface area (Å²) in [6.45, 7) is 7.07. The summed E-state index contributed by atoms with van der Waals surface area (Å²) in [5.41, 5.74) is 0.681. The SMILES string of the molecule is CC[C@@H](C)OC(=O)CN1C(=O)S/C(=C\c2ccc(OC(C)C)c(OC)c2)C1=O. The Labute approximate surface area is 169 Å². The van der Waals surface area contributed by atoms with E-state index in [1.165, 1.54) is 7.11 Å². The van der Waals surface area contributed by atoms with E-state index >= 15 is 0 Å². The second-order valence-corrected chi connectivity index (χ2v) is 7.55. The molecule has 1 fully saturated rings. The van der Waals surface area contributed by atoms with Gasteiger partial charge >= 0.3 is 5.97 Å². The minimum absolute atomic E-state index is 0.00793. The number of thioether (sulfide) groups is 1. The van der Waals surface area contributed by atoms with E-state index in [1.54, 1.807) is 31.2 Å². The normalized spacial score (nSPS) is 16.6. The Balaban J connectivity index is 2.15. The Kier molecular flexibility index (Phi) is 7.51. The molecule has 2 rings (SSSR count). The van der Waals surface area contributed by atoms with Crippen molar-refractivity contribution in [3.8, 4) is 11.5 Å². The molecular formula is C20H25NO6S. The van der Waals surface area contributed by atoms with Gasteiger partial charge in [-0.25, -0.2) is 0 Å². The smallest absolute Gasteiger partial charge is 0.326 e. The van der Waals surface area contributed by atoms with Crippen LogP contribution in [0.3, 0.4) is 0 Å². The van der Waals surface area contributed by atoms with Gasteiger partial charge in [0.25, 0.3) is 11.1 Å². The summed E-state index contributed by atoms with van der Waals surface area (Å²) in [6, 6.07) is 5.24. The van der Waals surface area contributed by atoms with E-state index in [2.05, 4.69) is 0 Å². The summed E-state index contributed by atoms with van der Waals surface area (Å²) in [6.07, 6.45) is 1.98. The number of nitrogens with zero attached hydrogens (tertiary/aromatic N) is 1. The molecule has 0 aromatic heterocycles. The number of hydrogen-bond donors (Lipinski definition) is 0. The Morgan fingerprint density at radius 2 is 1.93 bits per heavy atom. The molecule has 0 bridgehead atoms. The maximum absolute atomic E-state index is 12.5. The van der Waals surface area contributed by atoms with Crippen molar-refractivity contribution in [3.63, 3.8) is 0 Å². The molecule has 2 amide bonds. The molecule has 1 aliphatic heterocycles. The van der Waals surface area contributed by atoms with Gasteiger partial charge in [-0.1, -0.05) is 13.0 Å². The molecular weight excluding hydrogens is 382 g/mol. The maximum atomic E-state index is 12.5. The zero-order valence-electron chi connectivity index (χ0n) is 16.7. The number of rotatable bonds is 8. The highest BCUT2D eigenvalue weighted by Gasteiger charge is 2.36. The van der Waals surface area contributed by atoms with E-state index in [9.17, 15) is 14.4 Å². The van der Waals surface area contributed by atoms with Crippen LogP contribution in [0.4, 0.5) is 4.79 Å². The van der Waals surface area contributed by atoms with Crippen LogP contribution in [0.1, 0.15) is 39.7 Å². The molecule has 7 nitrogen and oxygen atoms in total. The standard InChI is InChI=1S/C20H25NO6S/c1-6-13(4)27-18(22)11-21-19(23)17(28-20(21)24)10-14-7-8-15(26-12(2)3)16(9-14)25-5/h7-10,12-13H,6,11H2,1-5H3/b17-10-/t13-/m1/s1. The van der Waals surface area contributed by atoms with Gasteiger partial charge < -0.3 is 14.2 Å². The summed E-state index contributed by atoms with van der Waals surface area (Å²) >= 11 is 0.790. The zero-order valence-corrected chi connectivity index (χ0v) is 17.5. The number of benzene rings is 1. The van der Waals surface area contributed by atoms with Crippen LogP contribution < -0.4 is 9.47 Å². The third-order valence-electron chi connectivity index (χ3n) is 3.92. The van der Waals surface area contributed by atoms with E-state index in [4.69, 9.17) is 14.2 Å². The summed E-state index contributed by atoms with van der Waals surface area (Å²) in [4.78, 5) is 37.7. The predicted molar refractivity (Wildman–Crippen MR) is 107 cm³/mol. The van der Waals surface area contributed by atoms with Gasteiger partial charge in [-0.05, 0) is 62.7 Å². The van der Waals surface area contributed by atoms with Crippen molar-refractivity contribution in [2.75, 3.05) is 13.7 Å². The summed E-state index contributed by atoms with van der Waals surface area (Å²) < 4.78 is 16.1. The largest absolute Gasteiger partial charge is 0.493 e. The number of imide groups is 1. The van der Waals surface area contributed by atoms with Crippen molar-refractivity contribution in [1.29, 1.82) is 0 Å². The lowest BCUT2D eigenvalue weighted by molar-refractivity contribution is -0.150. The Morgan fingerprint density at radius 3 is 2.54 bits per heavy atom. The molecule has 1 saturated heterocycles. The van der Waals surface area contributed by atoms with Crippen LogP contribution in [0.15, 0.2) is 23.1 Å². The van der Waals surface area contributed by atoms with Crippen molar-refractivity contribution in [2.45, 2.75) is 46.3 Å². The van der Waals surface area contributed by atoms with Crippen LogP contribution in [0.5, 0.6) is 11.5 Å². The van der Waals surface area contributed by atoms with E-state index < -0.39 is 23.7 Å². The van der Waals surface area contributed by atoms with E-state index in [0.717, 1.165) is 16.7 Å². The van der Waals surface area contributed by atoms with Crippen molar-refractivity contribution < 1.29 is 28.6 Å². The van der Waals surface area contributed by atoms with Gasteiger partial charge in [0.15, 0.2) is 11.5 Å². The van der Waals surface area contributed by atoms with Gasteiger partial charge in [-0.15, -0.1) is 0 Å². The molecule has 0 unspecified atom stereocenters. The van der Waals surface area contributed by atoms with Crippen LogP contribution in [0.25, 0.3) is 6.08 Å². The first-order chi connectivity index (χ1) is 13.2. The minimum Gasteiger partial charge on any atom is -0.493 e. The quantitative estimate of drug-likeness (QED) is 0.478. The van der Waals surface area contributed by atoms with E-state index in [-0.39, 0.29) is 17.1 Å². The second-order valence-electron chi connectivity index (χ2n) is 6.55.